The number of halogens is 3. The summed E-state index contributed by atoms with van der Waals surface area (Å²) in [7, 11) is 0. The zero-order valence-corrected chi connectivity index (χ0v) is 15.6. The van der Waals surface area contributed by atoms with Gasteiger partial charge in [-0.15, -0.1) is 0 Å². The molecule has 0 unspecified atom stereocenters. The van der Waals surface area contributed by atoms with Gasteiger partial charge in [0.1, 0.15) is 23.1 Å². The largest absolute Gasteiger partial charge is 0.352 e. The van der Waals surface area contributed by atoms with Crippen molar-refractivity contribution in [1.82, 2.24) is 9.97 Å². The number of fused-ring (bicyclic) bond motifs is 1. The summed E-state index contributed by atoms with van der Waals surface area (Å²) in [6.07, 6.45) is 1.56. The predicted molar refractivity (Wildman–Crippen MR) is 108 cm³/mol. The van der Waals surface area contributed by atoms with Crippen LogP contribution in [-0.2, 0) is 11.2 Å². The third kappa shape index (κ3) is 3.84. The van der Waals surface area contributed by atoms with E-state index in [0.29, 0.717) is 22.2 Å². The molecule has 8 heteroatoms. The lowest BCUT2D eigenvalue weighted by Gasteiger charge is -2.07. The first kappa shape index (κ1) is 19.5. The van der Waals surface area contributed by atoms with Gasteiger partial charge in [-0.3, -0.25) is 9.59 Å². The Bertz CT molecular complexity index is 1290. The van der Waals surface area contributed by atoms with Gasteiger partial charge in [-0.05, 0) is 60.0 Å². The molecule has 0 bridgehead atoms. The quantitative estimate of drug-likeness (QED) is 0.452. The molecule has 152 valence electrons. The molecular formula is C22H16F3N3O2. The number of anilines is 1. The molecule has 5 nitrogen and oxygen atoms in total. The van der Waals surface area contributed by atoms with Crippen LogP contribution < -0.4 is 10.9 Å². The number of hydrogen-bond acceptors (Lipinski definition) is 2. The van der Waals surface area contributed by atoms with Gasteiger partial charge in [-0.25, -0.2) is 13.2 Å². The molecule has 0 aliphatic carbocycles. The second kappa shape index (κ2) is 7.90. The van der Waals surface area contributed by atoms with E-state index in [1.54, 1.807) is 6.07 Å². The summed E-state index contributed by atoms with van der Waals surface area (Å²) in [5.74, 6) is -2.37. The second-order valence-electron chi connectivity index (χ2n) is 6.76. The summed E-state index contributed by atoms with van der Waals surface area (Å²) in [5, 5.41) is 2.82. The van der Waals surface area contributed by atoms with Crippen LogP contribution in [0.25, 0.3) is 22.2 Å². The van der Waals surface area contributed by atoms with E-state index in [-0.39, 0.29) is 24.0 Å². The van der Waals surface area contributed by atoms with Gasteiger partial charge in [0, 0.05) is 29.8 Å². The van der Waals surface area contributed by atoms with Gasteiger partial charge < -0.3 is 15.3 Å². The number of aromatic amines is 2. The number of aromatic nitrogens is 2. The monoisotopic (exact) mass is 411 g/mol. The van der Waals surface area contributed by atoms with Crippen molar-refractivity contribution in [3.05, 3.63) is 88.1 Å². The van der Waals surface area contributed by atoms with Crippen molar-refractivity contribution in [3.63, 3.8) is 0 Å². The number of nitrogens with one attached hydrogen (secondary N) is 3. The summed E-state index contributed by atoms with van der Waals surface area (Å²) >= 11 is 0. The average Bonchev–Trinajstić information content (AvgIpc) is 3.07. The lowest BCUT2D eigenvalue weighted by atomic mass is 10.0. The maximum atomic E-state index is 14.3. The van der Waals surface area contributed by atoms with Crippen LogP contribution in [0.3, 0.4) is 0 Å². The number of amides is 1. The SMILES string of the molecule is O=C(CCc1c(-c2ccc(F)cc2)[nH]c2c(F)cc(F)cc12)Nc1ccc[nH]c1=O. The zero-order chi connectivity index (χ0) is 21.3. The summed E-state index contributed by atoms with van der Waals surface area (Å²) in [5.41, 5.74) is 1.34. The molecule has 1 amide bonds. The fourth-order valence-corrected chi connectivity index (χ4v) is 3.37. The van der Waals surface area contributed by atoms with E-state index in [2.05, 4.69) is 15.3 Å². The summed E-state index contributed by atoms with van der Waals surface area (Å²) < 4.78 is 41.5. The number of rotatable bonds is 5. The van der Waals surface area contributed by atoms with Gasteiger partial charge in [0.25, 0.3) is 5.56 Å². The van der Waals surface area contributed by atoms with Gasteiger partial charge in [-0.2, -0.15) is 0 Å². The Morgan fingerprint density at radius 2 is 1.77 bits per heavy atom. The van der Waals surface area contributed by atoms with Crippen LogP contribution in [0.4, 0.5) is 18.9 Å². The number of aryl methyl sites for hydroxylation is 1. The Balaban J connectivity index is 1.68. The third-order valence-corrected chi connectivity index (χ3v) is 4.76. The fraction of sp³-hybridized carbons (Fsp3) is 0.0909. The number of benzene rings is 2. The number of carbonyl (C=O) groups excluding carboxylic acids is 1. The molecule has 30 heavy (non-hydrogen) atoms. The normalized spacial score (nSPS) is 11.0. The average molecular weight is 411 g/mol. The van der Waals surface area contributed by atoms with Crippen molar-refractivity contribution in [3.8, 4) is 11.3 Å². The van der Waals surface area contributed by atoms with Crippen molar-refractivity contribution in [2.45, 2.75) is 12.8 Å². The van der Waals surface area contributed by atoms with E-state index < -0.39 is 28.9 Å². The molecule has 0 atom stereocenters. The van der Waals surface area contributed by atoms with Crippen molar-refractivity contribution in [2.75, 3.05) is 5.32 Å². The van der Waals surface area contributed by atoms with E-state index in [9.17, 15) is 22.8 Å². The third-order valence-electron chi connectivity index (χ3n) is 4.76. The predicted octanol–water partition coefficient (Wildman–Crippen LogP) is 4.51. The Morgan fingerprint density at radius 3 is 2.50 bits per heavy atom. The molecule has 2 aromatic heterocycles. The standard InChI is InChI=1S/C22H16F3N3O2/c23-13-5-3-12(4-6-13)20-15(16-10-14(24)11-17(25)21(16)28-20)7-8-19(29)27-18-2-1-9-26-22(18)30/h1-6,9-11,28H,7-8H2,(H,26,30)(H,27,29). The fourth-order valence-electron chi connectivity index (χ4n) is 3.37. The van der Waals surface area contributed by atoms with Gasteiger partial charge in [-0.1, -0.05) is 0 Å². The highest BCUT2D eigenvalue weighted by Gasteiger charge is 2.18. The van der Waals surface area contributed by atoms with Crippen LogP contribution >= 0.6 is 0 Å². The highest BCUT2D eigenvalue weighted by atomic mass is 19.1. The van der Waals surface area contributed by atoms with Gasteiger partial charge in [0.05, 0.1) is 5.52 Å². The van der Waals surface area contributed by atoms with Crippen LogP contribution in [0.2, 0.25) is 0 Å². The van der Waals surface area contributed by atoms with Crippen molar-refractivity contribution < 1.29 is 18.0 Å². The minimum atomic E-state index is -0.764. The van der Waals surface area contributed by atoms with Crippen LogP contribution in [0.1, 0.15) is 12.0 Å². The molecule has 0 saturated carbocycles. The molecule has 0 saturated heterocycles. The first-order valence-corrected chi connectivity index (χ1v) is 9.15. The molecule has 0 radical (unpaired) electrons. The molecule has 0 aliphatic heterocycles. The number of pyridine rings is 1. The summed E-state index contributed by atoms with van der Waals surface area (Å²) in [4.78, 5) is 29.4. The topological polar surface area (TPSA) is 77.8 Å². The maximum Gasteiger partial charge on any atom is 0.271 e. The van der Waals surface area contributed by atoms with E-state index in [1.807, 2.05) is 0 Å². The Hall–Kier alpha value is -3.81. The van der Waals surface area contributed by atoms with Gasteiger partial charge in [0.15, 0.2) is 0 Å². The van der Waals surface area contributed by atoms with Crippen molar-refractivity contribution in [2.24, 2.45) is 0 Å². The number of carbonyl (C=O) groups is 1. The lowest BCUT2D eigenvalue weighted by Crippen LogP contribution is -2.19. The first-order valence-electron chi connectivity index (χ1n) is 9.15. The van der Waals surface area contributed by atoms with E-state index in [0.717, 1.165) is 6.07 Å². The lowest BCUT2D eigenvalue weighted by molar-refractivity contribution is -0.116. The maximum absolute atomic E-state index is 14.3. The van der Waals surface area contributed by atoms with Crippen LogP contribution in [0.15, 0.2) is 59.5 Å². The second-order valence-corrected chi connectivity index (χ2v) is 6.76. The summed E-state index contributed by atoms with van der Waals surface area (Å²) in [6.45, 7) is 0. The van der Waals surface area contributed by atoms with E-state index in [4.69, 9.17) is 0 Å². The molecule has 0 fully saturated rings. The van der Waals surface area contributed by atoms with Gasteiger partial charge >= 0.3 is 0 Å². The van der Waals surface area contributed by atoms with Crippen LogP contribution in [0, 0.1) is 17.5 Å². The van der Waals surface area contributed by atoms with Crippen molar-refractivity contribution in [1.29, 1.82) is 0 Å². The molecule has 4 aromatic rings. The molecule has 3 N–H and O–H groups in total. The van der Waals surface area contributed by atoms with E-state index in [1.165, 1.54) is 42.6 Å². The molecule has 2 heterocycles. The first-order chi connectivity index (χ1) is 14.4. The van der Waals surface area contributed by atoms with Crippen molar-refractivity contribution >= 4 is 22.5 Å². The highest BCUT2D eigenvalue weighted by molar-refractivity contribution is 5.94. The zero-order valence-electron chi connectivity index (χ0n) is 15.6. The van der Waals surface area contributed by atoms with Crippen LogP contribution in [-0.4, -0.2) is 15.9 Å². The number of hydrogen-bond donors (Lipinski definition) is 3. The Kier molecular flexibility index (Phi) is 5.14. The molecule has 2 aromatic carbocycles. The molecule has 0 spiro atoms. The van der Waals surface area contributed by atoms with E-state index >= 15 is 0 Å². The number of H-pyrrole nitrogens is 2. The van der Waals surface area contributed by atoms with Gasteiger partial charge in [0.2, 0.25) is 5.91 Å². The molecule has 4 rings (SSSR count). The van der Waals surface area contributed by atoms with Crippen LogP contribution in [0.5, 0.6) is 0 Å². The Morgan fingerprint density at radius 1 is 1.00 bits per heavy atom. The highest BCUT2D eigenvalue weighted by Crippen LogP contribution is 2.33. The minimum Gasteiger partial charge on any atom is -0.352 e. The molecular weight excluding hydrogens is 395 g/mol. The smallest absolute Gasteiger partial charge is 0.271 e. The minimum absolute atomic E-state index is 0.0341. The summed E-state index contributed by atoms with van der Waals surface area (Å²) in [6, 6.07) is 10.6. The molecule has 0 aliphatic rings. The Labute approximate surface area is 168 Å².